The number of nitrogens with zero attached hydrogens (tertiary/aromatic N) is 3. The second-order valence-electron chi connectivity index (χ2n) is 8.24. The number of carbonyl (C=O) groups is 3. The van der Waals surface area contributed by atoms with E-state index < -0.39 is 17.5 Å². The van der Waals surface area contributed by atoms with E-state index in [1.54, 1.807) is 36.7 Å². The summed E-state index contributed by atoms with van der Waals surface area (Å²) >= 11 is 0. The Balaban J connectivity index is 1.38. The Morgan fingerprint density at radius 3 is 2.65 bits per heavy atom. The fraction of sp³-hybridized carbons (Fsp3) is 0.409. The van der Waals surface area contributed by atoms with E-state index in [0.717, 1.165) is 23.3 Å². The number of imide groups is 1. The Morgan fingerprint density at radius 2 is 1.97 bits per heavy atom. The summed E-state index contributed by atoms with van der Waals surface area (Å²) in [4.78, 5) is 46.9. The van der Waals surface area contributed by atoms with Crippen LogP contribution in [0, 0.1) is 12.8 Å². The van der Waals surface area contributed by atoms with E-state index >= 15 is 0 Å². The van der Waals surface area contributed by atoms with Gasteiger partial charge in [0, 0.05) is 18.1 Å². The number of aryl methyl sites for hydroxylation is 1. The Labute approximate surface area is 180 Å². The lowest BCUT2D eigenvalue weighted by atomic mass is 9.77. The summed E-state index contributed by atoms with van der Waals surface area (Å²) in [5.41, 5.74) is 0.481. The van der Waals surface area contributed by atoms with Crippen molar-refractivity contribution in [1.82, 2.24) is 20.2 Å². The van der Waals surface area contributed by atoms with Crippen LogP contribution in [0.2, 0.25) is 0 Å². The first kappa shape index (κ1) is 20.8. The van der Waals surface area contributed by atoms with Gasteiger partial charge in [-0.2, -0.15) is 0 Å². The van der Waals surface area contributed by atoms with E-state index in [0.29, 0.717) is 30.2 Å². The summed E-state index contributed by atoms with van der Waals surface area (Å²) in [6.07, 6.45) is 6.15. The zero-order valence-corrected chi connectivity index (χ0v) is 17.6. The van der Waals surface area contributed by atoms with Crippen LogP contribution < -0.4 is 15.4 Å². The molecule has 4 amide bonds. The van der Waals surface area contributed by atoms with Crippen LogP contribution in [0.5, 0.6) is 11.8 Å². The second-order valence-corrected chi connectivity index (χ2v) is 8.24. The van der Waals surface area contributed by atoms with Gasteiger partial charge in [-0.3, -0.25) is 14.5 Å². The molecule has 9 heteroatoms. The van der Waals surface area contributed by atoms with Crippen LogP contribution in [0.3, 0.4) is 0 Å². The van der Waals surface area contributed by atoms with Crippen molar-refractivity contribution in [3.63, 3.8) is 0 Å². The minimum atomic E-state index is -0.849. The molecule has 1 aromatic carbocycles. The molecule has 2 aromatic rings. The van der Waals surface area contributed by atoms with E-state index in [4.69, 9.17) is 4.74 Å². The summed E-state index contributed by atoms with van der Waals surface area (Å²) in [5.74, 6) is 0.330. The third-order valence-corrected chi connectivity index (χ3v) is 5.90. The zero-order chi connectivity index (χ0) is 22.0. The van der Waals surface area contributed by atoms with Crippen molar-refractivity contribution in [2.45, 2.75) is 45.1 Å². The molecule has 1 aromatic heterocycles. The van der Waals surface area contributed by atoms with E-state index in [1.807, 2.05) is 6.92 Å². The van der Waals surface area contributed by atoms with Gasteiger partial charge in [-0.1, -0.05) is 6.92 Å². The Morgan fingerprint density at radius 1 is 1.26 bits per heavy atom. The third kappa shape index (κ3) is 4.35. The number of urea groups is 1. The van der Waals surface area contributed by atoms with Crippen LogP contribution in [-0.2, 0) is 9.59 Å². The molecule has 1 aliphatic heterocycles. The molecule has 2 fully saturated rings. The molecule has 9 nitrogen and oxygen atoms in total. The quantitative estimate of drug-likeness (QED) is 0.715. The zero-order valence-electron chi connectivity index (χ0n) is 17.6. The standard InChI is InChI=1S/C22H25N5O4/c1-14-6-8-22(9-7-14)19(29)27(21(30)26-22)13-18(28)25-17-5-4-16(12-15(17)2)31-20-23-10-3-11-24-20/h3-5,10-12,14H,6-9,13H2,1-2H3,(H,25,28)(H,26,30). The minimum absolute atomic E-state index is 0.225. The first-order valence-electron chi connectivity index (χ1n) is 10.4. The monoisotopic (exact) mass is 423 g/mol. The maximum Gasteiger partial charge on any atom is 0.325 e. The molecule has 4 rings (SSSR count). The van der Waals surface area contributed by atoms with Gasteiger partial charge in [0.25, 0.3) is 5.91 Å². The van der Waals surface area contributed by atoms with Gasteiger partial charge in [-0.05, 0) is 68.4 Å². The maximum atomic E-state index is 12.9. The summed E-state index contributed by atoms with van der Waals surface area (Å²) in [6.45, 7) is 3.64. The van der Waals surface area contributed by atoms with Crippen molar-refractivity contribution in [1.29, 1.82) is 0 Å². The van der Waals surface area contributed by atoms with Gasteiger partial charge in [-0.15, -0.1) is 0 Å². The van der Waals surface area contributed by atoms with Gasteiger partial charge in [0.15, 0.2) is 0 Å². The minimum Gasteiger partial charge on any atom is -0.424 e. The predicted octanol–water partition coefficient (Wildman–Crippen LogP) is 3.02. The summed E-state index contributed by atoms with van der Waals surface area (Å²) < 4.78 is 5.59. The van der Waals surface area contributed by atoms with Crippen LogP contribution in [-0.4, -0.2) is 44.8 Å². The van der Waals surface area contributed by atoms with E-state index in [9.17, 15) is 14.4 Å². The molecule has 0 radical (unpaired) electrons. The number of hydrogen-bond donors (Lipinski definition) is 2. The highest BCUT2D eigenvalue weighted by Crippen LogP contribution is 2.36. The van der Waals surface area contributed by atoms with Crippen molar-refractivity contribution >= 4 is 23.5 Å². The van der Waals surface area contributed by atoms with Gasteiger partial charge >= 0.3 is 12.0 Å². The molecule has 2 aliphatic rings. The highest BCUT2D eigenvalue weighted by molar-refractivity contribution is 6.10. The fourth-order valence-electron chi connectivity index (χ4n) is 4.03. The normalized spacial score (nSPS) is 23.0. The molecule has 1 spiro atoms. The summed E-state index contributed by atoms with van der Waals surface area (Å²) in [5, 5.41) is 5.60. The molecule has 31 heavy (non-hydrogen) atoms. The summed E-state index contributed by atoms with van der Waals surface area (Å²) in [6, 6.07) is 6.55. The highest BCUT2D eigenvalue weighted by Gasteiger charge is 2.52. The number of hydrogen-bond acceptors (Lipinski definition) is 6. The molecule has 0 unspecified atom stereocenters. The lowest BCUT2D eigenvalue weighted by Gasteiger charge is -2.33. The first-order chi connectivity index (χ1) is 14.9. The Bertz CT molecular complexity index is 1000. The van der Waals surface area contributed by atoms with Gasteiger partial charge in [-0.25, -0.2) is 14.8 Å². The Kier molecular flexibility index (Phi) is 5.58. The van der Waals surface area contributed by atoms with Crippen LogP contribution in [0.15, 0.2) is 36.7 Å². The van der Waals surface area contributed by atoms with E-state index in [1.165, 1.54) is 0 Å². The number of ether oxygens (including phenoxy) is 1. The SMILES string of the molecule is Cc1cc(Oc2ncccn2)ccc1NC(=O)CN1C(=O)NC2(CCC(C)CC2)C1=O. The predicted molar refractivity (Wildman–Crippen MR) is 113 cm³/mol. The number of rotatable bonds is 5. The van der Waals surface area contributed by atoms with Gasteiger partial charge in [0.05, 0.1) is 0 Å². The topological polar surface area (TPSA) is 114 Å². The van der Waals surface area contributed by atoms with Gasteiger partial charge in [0.2, 0.25) is 5.91 Å². The molecule has 162 valence electrons. The van der Waals surface area contributed by atoms with Crippen molar-refractivity contribution in [3.05, 3.63) is 42.2 Å². The van der Waals surface area contributed by atoms with E-state index in [-0.39, 0.29) is 18.5 Å². The van der Waals surface area contributed by atoms with E-state index in [2.05, 4.69) is 27.5 Å². The van der Waals surface area contributed by atoms with Crippen LogP contribution in [0.25, 0.3) is 0 Å². The molecule has 1 saturated heterocycles. The molecular formula is C22H25N5O4. The average Bonchev–Trinajstić information content (AvgIpc) is 2.97. The smallest absolute Gasteiger partial charge is 0.325 e. The number of aromatic nitrogens is 2. The highest BCUT2D eigenvalue weighted by atomic mass is 16.5. The number of benzene rings is 1. The first-order valence-corrected chi connectivity index (χ1v) is 10.4. The van der Waals surface area contributed by atoms with Crippen molar-refractivity contribution in [2.75, 3.05) is 11.9 Å². The number of nitrogens with one attached hydrogen (secondary N) is 2. The van der Waals surface area contributed by atoms with Crippen LogP contribution >= 0.6 is 0 Å². The maximum absolute atomic E-state index is 12.9. The van der Waals surface area contributed by atoms with Gasteiger partial charge in [0.1, 0.15) is 17.8 Å². The fourth-order valence-corrected chi connectivity index (χ4v) is 4.03. The van der Waals surface area contributed by atoms with Crippen LogP contribution in [0.1, 0.15) is 38.2 Å². The lowest BCUT2D eigenvalue weighted by molar-refractivity contribution is -0.135. The third-order valence-electron chi connectivity index (χ3n) is 5.90. The molecule has 2 N–H and O–H groups in total. The van der Waals surface area contributed by atoms with Crippen molar-refractivity contribution in [3.8, 4) is 11.8 Å². The summed E-state index contributed by atoms with van der Waals surface area (Å²) in [7, 11) is 0. The van der Waals surface area contributed by atoms with Crippen LogP contribution in [0.4, 0.5) is 10.5 Å². The molecule has 0 bridgehead atoms. The molecule has 2 heterocycles. The number of anilines is 1. The number of amides is 4. The average molecular weight is 423 g/mol. The van der Waals surface area contributed by atoms with Gasteiger partial charge < -0.3 is 15.4 Å². The number of carbonyl (C=O) groups excluding carboxylic acids is 3. The molecule has 1 aliphatic carbocycles. The van der Waals surface area contributed by atoms with Crippen molar-refractivity contribution in [2.24, 2.45) is 5.92 Å². The Hall–Kier alpha value is -3.49. The second kappa shape index (κ2) is 8.33. The molecule has 1 saturated carbocycles. The molecule has 0 atom stereocenters. The molecular weight excluding hydrogens is 398 g/mol. The lowest BCUT2D eigenvalue weighted by Crippen LogP contribution is -2.49. The largest absolute Gasteiger partial charge is 0.424 e. The van der Waals surface area contributed by atoms with Crippen molar-refractivity contribution < 1.29 is 19.1 Å².